The van der Waals surface area contributed by atoms with Crippen LogP contribution in [-0.4, -0.2) is 81.4 Å². The highest BCUT2D eigenvalue weighted by Crippen LogP contribution is 2.38. The summed E-state index contributed by atoms with van der Waals surface area (Å²) in [6.07, 6.45) is 0.0243. The van der Waals surface area contributed by atoms with Gasteiger partial charge in [0.1, 0.15) is 16.5 Å². The second-order valence-electron chi connectivity index (χ2n) is 10.6. The third-order valence-electron chi connectivity index (χ3n) is 7.89. The van der Waals surface area contributed by atoms with E-state index in [1.165, 1.54) is 0 Å². The van der Waals surface area contributed by atoms with E-state index in [1.54, 1.807) is 23.5 Å². The molecular formula is C30H27N7O4S. The summed E-state index contributed by atoms with van der Waals surface area (Å²) in [7, 11) is 0. The average molecular weight is 582 g/mol. The summed E-state index contributed by atoms with van der Waals surface area (Å²) in [5.74, 6) is 0.166. The molecule has 0 atom stereocenters. The zero-order valence-corrected chi connectivity index (χ0v) is 23.7. The van der Waals surface area contributed by atoms with Gasteiger partial charge >= 0.3 is 6.03 Å². The number of aromatic nitrogens is 2. The third kappa shape index (κ3) is 4.48. The number of urea groups is 1. The van der Waals surface area contributed by atoms with Crippen LogP contribution in [0.2, 0.25) is 0 Å². The standard InChI is InChI=1S/C30H27N7O4S/c1-18-31-26(25-23(17-42-27(25)32-18)20-5-3-2-4-6-20)35-13-11-34(12-14-35)16-19-7-8-21-22(15-19)29(40)37(28(21)39)36-10-9-24(38)33-30(36)41/h2-8,15,17H,9-14,16H2,1H3,(H,33,38,41). The van der Waals surface area contributed by atoms with E-state index in [9.17, 15) is 19.2 Å². The Hall–Kier alpha value is -4.68. The Bertz CT molecular complexity index is 1760. The molecule has 2 aromatic heterocycles. The Balaban J connectivity index is 1.07. The van der Waals surface area contributed by atoms with Gasteiger partial charge in [0, 0.05) is 50.1 Å². The molecule has 0 saturated carbocycles. The Labute approximate surface area is 245 Å². The highest BCUT2D eigenvalue weighted by Gasteiger charge is 2.43. The van der Waals surface area contributed by atoms with Gasteiger partial charge in [-0.3, -0.25) is 24.6 Å². The number of thiophene rings is 1. The van der Waals surface area contributed by atoms with Crippen molar-refractivity contribution in [2.24, 2.45) is 0 Å². The number of fused-ring (bicyclic) bond motifs is 2. The summed E-state index contributed by atoms with van der Waals surface area (Å²) in [5.41, 5.74) is 3.73. The quantitative estimate of drug-likeness (QED) is 0.356. The maximum absolute atomic E-state index is 13.2. The fourth-order valence-electron chi connectivity index (χ4n) is 5.80. The van der Waals surface area contributed by atoms with Gasteiger partial charge in [0.05, 0.1) is 23.1 Å². The van der Waals surface area contributed by atoms with Gasteiger partial charge in [0.15, 0.2) is 0 Å². The van der Waals surface area contributed by atoms with Crippen LogP contribution in [-0.2, 0) is 11.3 Å². The van der Waals surface area contributed by atoms with Crippen LogP contribution in [0.5, 0.6) is 0 Å². The van der Waals surface area contributed by atoms with Crippen LogP contribution in [0.3, 0.4) is 0 Å². The van der Waals surface area contributed by atoms with Crippen LogP contribution in [0.25, 0.3) is 21.3 Å². The number of carbonyl (C=O) groups excluding carboxylic acids is 4. The van der Waals surface area contributed by atoms with Gasteiger partial charge < -0.3 is 4.90 Å². The molecule has 2 fully saturated rings. The number of anilines is 1. The molecule has 0 aliphatic carbocycles. The number of nitrogens with zero attached hydrogens (tertiary/aromatic N) is 6. The number of carbonyl (C=O) groups is 4. The number of hydrogen-bond donors (Lipinski definition) is 1. The number of piperazine rings is 1. The van der Waals surface area contributed by atoms with Crippen molar-refractivity contribution in [1.82, 2.24) is 30.2 Å². The van der Waals surface area contributed by atoms with Crippen LogP contribution in [0.15, 0.2) is 53.9 Å². The van der Waals surface area contributed by atoms with Gasteiger partial charge in [-0.15, -0.1) is 11.3 Å². The minimum Gasteiger partial charge on any atom is -0.353 e. The molecule has 5 heterocycles. The Morgan fingerprint density at radius 2 is 1.62 bits per heavy atom. The van der Waals surface area contributed by atoms with Crippen LogP contribution >= 0.6 is 11.3 Å². The van der Waals surface area contributed by atoms with E-state index in [0.29, 0.717) is 6.54 Å². The normalized spacial score (nSPS) is 17.8. The summed E-state index contributed by atoms with van der Waals surface area (Å²) in [5, 5.41) is 7.26. The van der Waals surface area contributed by atoms with E-state index in [-0.39, 0.29) is 24.1 Å². The first kappa shape index (κ1) is 26.2. The number of rotatable bonds is 5. The number of benzene rings is 2. The van der Waals surface area contributed by atoms with Crippen molar-refractivity contribution in [3.05, 3.63) is 76.4 Å². The summed E-state index contributed by atoms with van der Waals surface area (Å²) in [6.45, 7) is 5.69. The smallest absolute Gasteiger partial charge is 0.343 e. The van der Waals surface area contributed by atoms with Crippen LogP contribution in [0.4, 0.5) is 10.6 Å². The monoisotopic (exact) mass is 581 g/mol. The maximum atomic E-state index is 13.2. The lowest BCUT2D eigenvalue weighted by Gasteiger charge is -2.36. The summed E-state index contributed by atoms with van der Waals surface area (Å²) in [6, 6.07) is 14.8. The van der Waals surface area contributed by atoms with E-state index in [1.807, 2.05) is 31.2 Å². The molecule has 2 aromatic carbocycles. The SMILES string of the molecule is Cc1nc(N2CCN(Cc3ccc4c(c3)C(=O)N(N3CCC(=O)NC3=O)C4=O)CC2)c2c(-c3ccccc3)csc2n1. The number of nitrogens with one attached hydrogen (secondary N) is 1. The molecule has 2 saturated heterocycles. The van der Waals surface area contributed by atoms with Crippen LogP contribution in [0.1, 0.15) is 38.5 Å². The molecule has 0 unspecified atom stereocenters. The van der Waals surface area contributed by atoms with Gasteiger partial charge in [0.2, 0.25) is 5.91 Å². The van der Waals surface area contributed by atoms with Crippen molar-refractivity contribution in [3.63, 3.8) is 0 Å². The minimum absolute atomic E-state index is 0.0241. The molecule has 212 valence electrons. The number of amides is 5. The molecule has 3 aliphatic rings. The molecule has 3 aliphatic heterocycles. The zero-order chi connectivity index (χ0) is 29.0. The van der Waals surface area contributed by atoms with Crippen LogP contribution < -0.4 is 10.2 Å². The Kier molecular flexibility index (Phi) is 6.43. The molecule has 0 radical (unpaired) electrons. The molecule has 12 heteroatoms. The fraction of sp³-hybridized carbons (Fsp3) is 0.267. The highest BCUT2D eigenvalue weighted by molar-refractivity contribution is 7.17. The minimum atomic E-state index is -0.770. The molecule has 1 N–H and O–H groups in total. The van der Waals surface area contributed by atoms with Crippen LogP contribution in [0, 0.1) is 6.92 Å². The predicted octanol–water partition coefficient (Wildman–Crippen LogP) is 3.44. The van der Waals surface area contributed by atoms with Crippen molar-refractivity contribution >= 4 is 51.1 Å². The number of hydrogen-bond acceptors (Lipinski definition) is 9. The summed E-state index contributed by atoms with van der Waals surface area (Å²) < 4.78 is 0. The van der Waals surface area contributed by atoms with Crippen molar-refractivity contribution in [2.75, 3.05) is 37.6 Å². The van der Waals surface area contributed by atoms with E-state index >= 15 is 0 Å². The summed E-state index contributed by atoms with van der Waals surface area (Å²) >= 11 is 1.64. The first-order valence-electron chi connectivity index (χ1n) is 13.8. The average Bonchev–Trinajstić information content (AvgIpc) is 3.52. The van der Waals surface area contributed by atoms with Gasteiger partial charge in [-0.05, 0) is 30.2 Å². The molecule has 5 amide bonds. The molecule has 0 bridgehead atoms. The molecule has 42 heavy (non-hydrogen) atoms. The van der Waals surface area contributed by atoms with E-state index in [4.69, 9.17) is 9.97 Å². The lowest BCUT2D eigenvalue weighted by molar-refractivity contribution is -0.122. The van der Waals surface area contributed by atoms with E-state index in [0.717, 1.165) is 74.7 Å². The van der Waals surface area contributed by atoms with E-state index < -0.39 is 23.8 Å². The lowest BCUT2D eigenvalue weighted by atomic mass is 10.0. The maximum Gasteiger partial charge on any atom is 0.343 e. The predicted molar refractivity (Wildman–Crippen MR) is 157 cm³/mol. The molecular weight excluding hydrogens is 554 g/mol. The van der Waals surface area contributed by atoms with Crippen molar-refractivity contribution in [1.29, 1.82) is 0 Å². The third-order valence-corrected chi connectivity index (χ3v) is 8.76. The largest absolute Gasteiger partial charge is 0.353 e. The Morgan fingerprint density at radius 3 is 2.38 bits per heavy atom. The number of imide groups is 2. The second-order valence-corrected chi connectivity index (χ2v) is 11.4. The van der Waals surface area contributed by atoms with Gasteiger partial charge in [-0.2, -0.15) is 5.01 Å². The fourth-order valence-corrected chi connectivity index (χ4v) is 6.79. The highest BCUT2D eigenvalue weighted by atomic mass is 32.1. The van der Waals surface area contributed by atoms with Crippen molar-refractivity contribution < 1.29 is 19.2 Å². The number of hydrazine groups is 1. The zero-order valence-electron chi connectivity index (χ0n) is 22.9. The van der Waals surface area contributed by atoms with Crippen molar-refractivity contribution in [2.45, 2.75) is 19.9 Å². The van der Waals surface area contributed by atoms with Gasteiger partial charge in [-0.1, -0.05) is 36.4 Å². The topological polar surface area (TPSA) is 119 Å². The second kappa shape index (κ2) is 10.3. The summed E-state index contributed by atoms with van der Waals surface area (Å²) in [4.78, 5) is 65.2. The molecule has 7 rings (SSSR count). The molecule has 11 nitrogen and oxygen atoms in total. The van der Waals surface area contributed by atoms with Crippen molar-refractivity contribution in [3.8, 4) is 11.1 Å². The van der Waals surface area contributed by atoms with Gasteiger partial charge in [-0.25, -0.2) is 19.8 Å². The molecule has 0 spiro atoms. The van der Waals surface area contributed by atoms with Gasteiger partial charge in [0.25, 0.3) is 11.8 Å². The lowest BCUT2D eigenvalue weighted by Crippen LogP contribution is -2.58. The molecule has 4 aromatic rings. The Morgan fingerprint density at radius 1 is 0.857 bits per heavy atom. The number of aryl methyl sites for hydroxylation is 1. The first-order chi connectivity index (χ1) is 20.4. The first-order valence-corrected chi connectivity index (χ1v) is 14.7. The van der Waals surface area contributed by atoms with E-state index in [2.05, 4.69) is 32.6 Å².